The zero-order valence-electron chi connectivity index (χ0n) is 15.9. The molecule has 0 radical (unpaired) electrons. The van der Waals surface area contributed by atoms with Gasteiger partial charge in [0.1, 0.15) is 0 Å². The highest BCUT2D eigenvalue weighted by Gasteiger charge is 2.17. The molecule has 144 valence electrons. The fourth-order valence-electron chi connectivity index (χ4n) is 3.04. The monoisotopic (exact) mass is 387 g/mol. The van der Waals surface area contributed by atoms with Crippen LogP contribution in [-0.2, 0) is 11.3 Å². The van der Waals surface area contributed by atoms with Crippen molar-refractivity contribution in [1.29, 1.82) is 0 Å². The third kappa shape index (κ3) is 4.16. The van der Waals surface area contributed by atoms with Gasteiger partial charge in [0.15, 0.2) is 5.16 Å². The van der Waals surface area contributed by atoms with Crippen LogP contribution in [0.15, 0.2) is 34.2 Å². The molecule has 0 saturated carbocycles. The van der Waals surface area contributed by atoms with Crippen molar-refractivity contribution in [1.82, 2.24) is 24.5 Å². The highest BCUT2D eigenvalue weighted by atomic mass is 32.2. The SMILES string of the molecule is CCCCCn1c(=O)c2ccccc2n2c(SCC(=O)NC(C)C)nnc12. The summed E-state index contributed by atoms with van der Waals surface area (Å²) in [4.78, 5) is 24.9. The molecule has 2 heterocycles. The number of carbonyl (C=O) groups excluding carboxylic acids is 1. The highest BCUT2D eigenvalue weighted by molar-refractivity contribution is 7.99. The topological polar surface area (TPSA) is 81.3 Å². The quantitative estimate of drug-likeness (QED) is 0.475. The van der Waals surface area contributed by atoms with Gasteiger partial charge < -0.3 is 5.32 Å². The summed E-state index contributed by atoms with van der Waals surface area (Å²) in [6.45, 7) is 6.60. The van der Waals surface area contributed by atoms with Crippen LogP contribution in [0.5, 0.6) is 0 Å². The van der Waals surface area contributed by atoms with Gasteiger partial charge in [-0.3, -0.25) is 18.6 Å². The average molecular weight is 388 g/mol. The number of aromatic nitrogens is 4. The molecule has 3 aromatic rings. The summed E-state index contributed by atoms with van der Waals surface area (Å²) in [6, 6.07) is 7.56. The Labute approximate surface area is 162 Å². The van der Waals surface area contributed by atoms with Gasteiger partial charge in [0.25, 0.3) is 5.56 Å². The van der Waals surface area contributed by atoms with Gasteiger partial charge in [0, 0.05) is 12.6 Å². The molecule has 7 nitrogen and oxygen atoms in total. The Bertz CT molecular complexity index is 1010. The normalized spacial score (nSPS) is 11.6. The van der Waals surface area contributed by atoms with Crippen molar-refractivity contribution in [2.24, 2.45) is 0 Å². The van der Waals surface area contributed by atoms with Gasteiger partial charge >= 0.3 is 0 Å². The lowest BCUT2D eigenvalue weighted by Crippen LogP contribution is -2.31. The largest absolute Gasteiger partial charge is 0.353 e. The van der Waals surface area contributed by atoms with E-state index in [0.717, 1.165) is 24.8 Å². The Morgan fingerprint density at radius 2 is 2.00 bits per heavy atom. The molecule has 0 aliphatic heterocycles. The molecule has 0 spiro atoms. The molecular formula is C19H25N5O2S. The highest BCUT2D eigenvalue weighted by Crippen LogP contribution is 2.21. The van der Waals surface area contributed by atoms with E-state index in [2.05, 4.69) is 22.4 Å². The lowest BCUT2D eigenvalue weighted by molar-refractivity contribution is -0.119. The Morgan fingerprint density at radius 1 is 1.22 bits per heavy atom. The molecule has 0 unspecified atom stereocenters. The number of benzene rings is 1. The maximum absolute atomic E-state index is 12.9. The average Bonchev–Trinajstić information content (AvgIpc) is 3.06. The van der Waals surface area contributed by atoms with Crippen LogP contribution in [-0.4, -0.2) is 36.9 Å². The van der Waals surface area contributed by atoms with Crippen molar-refractivity contribution >= 4 is 34.3 Å². The number of aryl methyl sites for hydroxylation is 1. The summed E-state index contributed by atoms with van der Waals surface area (Å²) in [5.41, 5.74) is 0.719. The van der Waals surface area contributed by atoms with Crippen LogP contribution in [0.3, 0.4) is 0 Å². The molecule has 3 rings (SSSR count). The van der Waals surface area contributed by atoms with Gasteiger partial charge in [0.05, 0.1) is 16.7 Å². The minimum Gasteiger partial charge on any atom is -0.353 e. The summed E-state index contributed by atoms with van der Waals surface area (Å²) in [5.74, 6) is 0.733. The zero-order chi connectivity index (χ0) is 19.4. The van der Waals surface area contributed by atoms with Gasteiger partial charge in [-0.1, -0.05) is 43.7 Å². The summed E-state index contributed by atoms with van der Waals surface area (Å²) in [6.07, 6.45) is 3.05. The molecule has 0 fully saturated rings. The Hall–Kier alpha value is -2.35. The van der Waals surface area contributed by atoms with Crippen LogP contribution in [0.25, 0.3) is 16.7 Å². The van der Waals surface area contributed by atoms with E-state index < -0.39 is 0 Å². The van der Waals surface area contributed by atoms with Gasteiger partial charge in [-0.25, -0.2) is 0 Å². The summed E-state index contributed by atoms with van der Waals surface area (Å²) < 4.78 is 3.58. The fraction of sp³-hybridized carbons (Fsp3) is 0.474. The second-order valence-electron chi connectivity index (χ2n) is 6.81. The summed E-state index contributed by atoms with van der Waals surface area (Å²) in [7, 11) is 0. The van der Waals surface area contributed by atoms with E-state index in [1.165, 1.54) is 11.8 Å². The first-order valence-electron chi connectivity index (χ1n) is 9.31. The van der Waals surface area contributed by atoms with Crippen LogP contribution < -0.4 is 10.9 Å². The maximum atomic E-state index is 12.9. The third-order valence-corrected chi connectivity index (χ3v) is 5.17. The number of carbonyl (C=O) groups is 1. The Balaban J connectivity index is 2.04. The van der Waals surface area contributed by atoms with Crippen LogP contribution in [0.2, 0.25) is 0 Å². The molecule has 0 atom stereocenters. The molecule has 0 saturated heterocycles. The van der Waals surface area contributed by atoms with E-state index in [9.17, 15) is 9.59 Å². The summed E-state index contributed by atoms with van der Waals surface area (Å²) in [5, 5.41) is 12.7. The summed E-state index contributed by atoms with van der Waals surface area (Å²) >= 11 is 1.33. The first kappa shape index (κ1) is 19.4. The van der Waals surface area contributed by atoms with Gasteiger partial charge in [-0.2, -0.15) is 0 Å². The van der Waals surface area contributed by atoms with E-state index in [4.69, 9.17) is 0 Å². The minimum absolute atomic E-state index is 0.0456. The third-order valence-electron chi connectivity index (χ3n) is 4.25. The lowest BCUT2D eigenvalue weighted by atomic mass is 10.2. The van der Waals surface area contributed by atoms with E-state index >= 15 is 0 Å². The van der Waals surface area contributed by atoms with Crippen LogP contribution in [0.1, 0.15) is 40.0 Å². The van der Waals surface area contributed by atoms with E-state index in [0.29, 0.717) is 22.9 Å². The molecule has 0 aliphatic carbocycles. The van der Waals surface area contributed by atoms with Crippen molar-refractivity contribution in [2.75, 3.05) is 5.75 Å². The number of nitrogens with one attached hydrogen (secondary N) is 1. The number of rotatable bonds is 8. The molecule has 0 aliphatic rings. The smallest absolute Gasteiger partial charge is 0.262 e. The second-order valence-corrected chi connectivity index (χ2v) is 7.75. The lowest BCUT2D eigenvalue weighted by Gasteiger charge is -2.11. The van der Waals surface area contributed by atoms with E-state index in [1.807, 2.05) is 42.5 Å². The van der Waals surface area contributed by atoms with Crippen molar-refractivity contribution < 1.29 is 4.79 Å². The molecule has 8 heteroatoms. The number of thioether (sulfide) groups is 1. The molecule has 0 bridgehead atoms. The van der Waals surface area contributed by atoms with Gasteiger partial charge in [-0.05, 0) is 32.4 Å². The number of para-hydroxylation sites is 1. The van der Waals surface area contributed by atoms with Crippen LogP contribution in [0.4, 0.5) is 0 Å². The van der Waals surface area contributed by atoms with Gasteiger partial charge in [-0.15, -0.1) is 10.2 Å². The molecular weight excluding hydrogens is 362 g/mol. The standard InChI is InChI=1S/C19H25N5O2S/c1-4-5-8-11-23-17(26)14-9-6-7-10-15(14)24-18(23)21-22-19(24)27-12-16(25)20-13(2)3/h6-7,9-10,13H,4-5,8,11-12H2,1-3H3,(H,20,25). The number of fused-ring (bicyclic) bond motifs is 3. The number of unbranched alkanes of at least 4 members (excludes halogenated alkanes) is 2. The van der Waals surface area contributed by atoms with Crippen LogP contribution >= 0.6 is 11.8 Å². The number of hydrogen-bond donors (Lipinski definition) is 1. The number of nitrogens with zero attached hydrogens (tertiary/aromatic N) is 4. The zero-order valence-corrected chi connectivity index (χ0v) is 16.8. The van der Waals surface area contributed by atoms with Gasteiger partial charge in [0.2, 0.25) is 11.7 Å². The van der Waals surface area contributed by atoms with Crippen molar-refractivity contribution in [3.63, 3.8) is 0 Å². The number of amides is 1. The van der Waals surface area contributed by atoms with E-state index in [1.54, 1.807) is 4.57 Å². The molecule has 27 heavy (non-hydrogen) atoms. The molecule has 1 aromatic carbocycles. The Morgan fingerprint density at radius 3 is 2.74 bits per heavy atom. The molecule has 1 N–H and O–H groups in total. The molecule has 2 aromatic heterocycles. The van der Waals surface area contributed by atoms with Crippen molar-refractivity contribution in [3.8, 4) is 0 Å². The second kappa shape index (κ2) is 8.56. The number of hydrogen-bond acceptors (Lipinski definition) is 5. The molecule has 1 amide bonds. The van der Waals surface area contributed by atoms with Crippen LogP contribution in [0, 0.1) is 0 Å². The predicted molar refractivity (Wildman–Crippen MR) is 108 cm³/mol. The van der Waals surface area contributed by atoms with Crippen molar-refractivity contribution in [3.05, 3.63) is 34.6 Å². The maximum Gasteiger partial charge on any atom is 0.262 e. The predicted octanol–water partition coefficient (Wildman–Crippen LogP) is 2.85. The Kier molecular flexibility index (Phi) is 6.15. The van der Waals surface area contributed by atoms with E-state index in [-0.39, 0.29) is 23.3 Å². The minimum atomic E-state index is -0.0488. The fourth-order valence-corrected chi connectivity index (χ4v) is 3.79. The first-order valence-corrected chi connectivity index (χ1v) is 10.3. The first-order chi connectivity index (χ1) is 13.0. The van der Waals surface area contributed by atoms with Crippen molar-refractivity contribution in [2.45, 2.75) is 57.8 Å².